The van der Waals surface area contributed by atoms with Crippen molar-refractivity contribution in [3.8, 4) is 0 Å². The van der Waals surface area contributed by atoms with Crippen LogP contribution in [0.4, 0.5) is 0 Å². The van der Waals surface area contributed by atoms with Crippen molar-refractivity contribution in [1.29, 1.82) is 0 Å². The van der Waals surface area contributed by atoms with E-state index in [4.69, 9.17) is 14.9 Å². The highest BCUT2D eigenvalue weighted by molar-refractivity contribution is 5.69. The SMILES string of the molecule is CC(C)=CCCC(C)=CCCC(C)=CCCC=C(C)CCC=C(C)CCC=C(C)C.CCCCCCCCCCCCCCCCCC(=O)OCC(O)CO. The highest BCUT2D eigenvalue weighted by Crippen LogP contribution is 2.16. The average molecular weight is 769 g/mol. The lowest BCUT2D eigenvalue weighted by Crippen LogP contribution is -2.21. The summed E-state index contributed by atoms with van der Waals surface area (Å²) in [5, 5.41) is 17.7. The van der Waals surface area contributed by atoms with Gasteiger partial charge in [0.2, 0.25) is 0 Å². The predicted octanol–water partition coefficient (Wildman–Crippen LogP) is 15.7. The smallest absolute Gasteiger partial charge is 0.305 e. The Morgan fingerprint density at radius 3 is 1.09 bits per heavy atom. The van der Waals surface area contributed by atoms with Gasteiger partial charge in [0.15, 0.2) is 0 Å². The van der Waals surface area contributed by atoms with Gasteiger partial charge in [0.1, 0.15) is 12.7 Å². The first-order valence-corrected chi connectivity index (χ1v) is 22.7. The molecule has 0 aliphatic carbocycles. The van der Waals surface area contributed by atoms with Gasteiger partial charge in [0.05, 0.1) is 6.61 Å². The molecule has 1 atom stereocenters. The predicted molar refractivity (Wildman–Crippen MR) is 244 cm³/mol. The summed E-state index contributed by atoms with van der Waals surface area (Å²) in [6.45, 7) is 19.6. The molecule has 320 valence electrons. The van der Waals surface area contributed by atoms with E-state index in [0.717, 1.165) is 12.8 Å². The van der Waals surface area contributed by atoms with Crippen LogP contribution in [0.3, 0.4) is 0 Å². The Morgan fingerprint density at radius 2 is 0.764 bits per heavy atom. The zero-order valence-corrected chi connectivity index (χ0v) is 38.1. The van der Waals surface area contributed by atoms with Crippen LogP contribution in [0.2, 0.25) is 0 Å². The molecule has 0 spiro atoms. The Hall–Kier alpha value is -2.17. The number of hydrogen-bond acceptors (Lipinski definition) is 4. The van der Waals surface area contributed by atoms with Gasteiger partial charge in [-0.2, -0.15) is 0 Å². The van der Waals surface area contributed by atoms with Crippen LogP contribution in [0.25, 0.3) is 0 Å². The molecule has 1 unspecified atom stereocenters. The molecular weight excluding hydrogens is 677 g/mol. The average Bonchev–Trinajstić information content (AvgIpc) is 3.14. The number of aliphatic hydroxyl groups is 2. The van der Waals surface area contributed by atoms with E-state index < -0.39 is 6.10 Å². The van der Waals surface area contributed by atoms with Gasteiger partial charge in [-0.3, -0.25) is 4.79 Å². The van der Waals surface area contributed by atoms with Crippen molar-refractivity contribution in [2.75, 3.05) is 13.2 Å². The Balaban J connectivity index is 0. The molecule has 0 rings (SSSR count). The lowest BCUT2D eigenvalue weighted by molar-refractivity contribution is -0.147. The first-order chi connectivity index (χ1) is 26.4. The summed E-state index contributed by atoms with van der Waals surface area (Å²) >= 11 is 0. The standard InChI is InChI=1S/C30H50.C21H42O4/c1-25(2)15-11-19-29(7)23-13-21-27(5)17-9-10-18-28(6)22-14-24-30(8)20-12-16-26(3)4;1-2-3-4-5-6-7-8-9-10-11-12-13-14-15-16-17-21(24)25-19-20(23)18-22/h15-18,23-24H,9-14,19-22H2,1-8H3;20,22-23H,2-19H2,1H3. The van der Waals surface area contributed by atoms with E-state index in [0.29, 0.717) is 6.42 Å². The van der Waals surface area contributed by atoms with Gasteiger partial charge in [0.25, 0.3) is 0 Å². The van der Waals surface area contributed by atoms with E-state index in [9.17, 15) is 4.79 Å². The van der Waals surface area contributed by atoms with Gasteiger partial charge in [-0.15, -0.1) is 0 Å². The minimum atomic E-state index is -0.954. The topological polar surface area (TPSA) is 66.8 Å². The molecule has 0 saturated carbocycles. The molecule has 0 radical (unpaired) electrons. The van der Waals surface area contributed by atoms with Crippen molar-refractivity contribution < 1.29 is 19.7 Å². The number of unbranched alkanes of at least 4 members (excludes halogenated alkanes) is 15. The molecule has 0 aromatic carbocycles. The highest BCUT2D eigenvalue weighted by Gasteiger charge is 2.07. The fourth-order valence-electron chi connectivity index (χ4n) is 6.29. The molecule has 0 saturated heterocycles. The summed E-state index contributed by atoms with van der Waals surface area (Å²) in [7, 11) is 0. The monoisotopic (exact) mass is 769 g/mol. The van der Waals surface area contributed by atoms with Crippen molar-refractivity contribution in [3.05, 3.63) is 69.9 Å². The maximum absolute atomic E-state index is 11.4. The van der Waals surface area contributed by atoms with Crippen LogP contribution in [-0.4, -0.2) is 35.5 Å². The van der Waals surface area contributed by atoms with E-state index in [1.807, 2.05) is 0 Å². The third kappa shape index (κ3) is 46.1. The lowest BCUT2D eigenvalue weighted by atomic mass is 10.0. The second-order valence-electron chi connectivity index (χ2n) is 16.7. The minimum absolute atomic E-state index is 0.103. The van der Waals surface area contributed by atoms with Crippen LogP contribution in [0.1, 0.15) is 229 Å². The molecule has 0 fully saturated rings. The normalized spacial score (nSPS) is 12.9. The molecular formula is C51H92O4. The largest absolute Gasteiger partial charge is 0.463 e. The van der Waals surface area contributed by atoms with Gasteiger partial charge in [0, 0.05) is 6.42 Å². The number of ether oxygens (including phenoxy) is 1. The van der Waals surface area contributed by atoms with Crippen molar-refractivity contribution in [2.24, 2.45) is 0 Å². The highest BCUT2D eigenvalue weighted by atomic mass is 16.5. The summed E-state index contributed by atoms with van der Waals surface area (Å²) < 4.78 is 4.86. The summed E-state index contributed by atoms with van der Waals surface area (Å²) in [6, 6.07) is 0. The molecule has 0 amide bonds. The molecule has 0 heterocycles. The Bertz CT molecular complexity index is 1020. The van der Waals surface area contributed by atoms with Crippen LogP contribution in [0.5, 0.6) is 0 Å². The van der Waals surface area contributed by atoms with Gasteiger partial charge < -0.3 is 14.9 Å². The van der Waals surface area contributed by atoms with Gasteiger partial charge >= 0.3 is 5.97 Å². The van der Waals surface area contributed by atoms with Crippen molar-refractivity contribution >= 4 is 5.97 Å². The van der Waals surface area contributed by atoms with Crippen LogP contribution in [0, 0.1) is 0 Å². The van der Waals surface area contributed by atoms with Crippen LogP contribution in [0.15, 0.2) is 69.9 Å². The van der Waals surface area contributed by atoms with Crippen molar-refractivity contribution in [3.63, 3.8) is 0 Å². The number of allylic oxidation sites excluding steroid dienone is 12. The number of aliphatic hydroxyl groups excluding tert-OH is 2. The van der Waals surface area contributed by atoms with Gasteiger partial charge in [-0.05, 0) is 126 Å². The first-order valence-electron chi connectivity index (χ1n) is 22.7. The Morgan fingerprint density at radius 1 is 0.455 bits per heavy atom. The molecule has 0 aromatic rings. The Kier molecular flexibility index (Phi) is 41.4. The lowest BCUT2D eigenvalue weighted by Gasteiger charge is -2.08. The molecule has 0 aromatic heterocycles. The molecule has 0 aliphatic rings. The third-order valence-corrected chi connectivity index (χ3v) is 10.0. The van der Waals surface area contributed by atoms with Crippen molar-refractivity contribution in [2.45, 2.75) is 235 Å². The van der Waals surface area contributed by atoms with E-state index in [1.165, 1.54) is 181 Å². The van der Waals surface area contributed by atoms with E-state index in [2.05, 4.69) is 98.8 Å². The third-order valence-electron chi connectivity index (χ3n) is 10.0. The number of esters is 1. The summed E-state index contributed by atoms with van der Waals surface area (Å²) in [4.78, 5) is 11.4. The number of carbonyl (C=O) groups is 1. The fourth-order valence-corrected chi connectivity index (χ4v) is 6.29. The van der Waals surface area contributed by atoms with E-state index in [-0.39, 0.29) is 19.2 Å². The molecule has 55 heavy (non-hydrogen) atoms. The second kappa shape index (κ2) is 41.5. The summed E-state index contributed by atoms with van der Waals surface area (Å²) in [6.07, 6.45) is 45.3. The minimum Gasteiger partial charge on any atom is -0.463 e. The number of rotatable bonds is 34. The molecule has 4 heteroatoms. The van der Waals surface area contributed by atoms with E-state index in [1.54, 1.807) is 0 Å². The van der Waals surface area contributed by atoms with E-state index >= 15 is 0 Å². The quantitative estimate of drug-likeness (QED) is 0.0389. The molecule has 0 aliphatic heterocycles. The number of hydrogen-bond donors (Lipinski definition) is 2. The first kappa shape index (κ1) is 54.9. The maximum atomic E-state index is 11.4. The second-order valence-corrected chi connectivity index (χ2v) is 16.7. The van der Waals surface area contributed by atoms with Crippen LogP contribution >= 0.6 is 0 Å². The summed E-state index contributed by atoms with van der Waals surface area (Å²) in [5.41, 5.74) is 8.97. The molecule has 2 N–H and O–H groups in total. The Labute approximate surface area is 343 Å². The zero-order chi connectivity index (χ0) is 41.4. The van der Waals surface area contributed by atoms with Crippen molar-refractivity contribution in [1.82, 2.24) is 0 Å². The van der Waals surface area contributed by atoms with Gasteiger partial charge in [-0.1, -0.05) is 167 Å². The van der Waals surface area contributed by atoms with Crippen LogP contribution in [-0.2, 0) is 9.53 Å². The molecule has 0 bridgehead atoms. The van der Waals surface area contributed by atoms with Crippen LogP contribution < -0.4 is 0 Å². The molecule has 4 nitrogen and oxygen atoms in total. The van der Waals surface area contributed by atoms with Gasteiger partial charge in [-0.25, -0.2) is 0 Å². The maximum Gasteiger partial charge on any atom is 0.305 e. The number of carbonyl (C=O) groups excluding carboxylic acids is 1. The fraction of sp³-hybridized carbons (Fsp3) is 0.745. The zero-order valence-electron chi connectivity index (χ0n) is 38.1. The summed E-state index contributed by atoms with van der Waals surface area (Å²) in [5.74, 6) is -0.276.